The zero-order valence-electron chi connectivity index (χ0n) is 8.33. The summed E-state index contributed by atoms with van der Waals surface area (Å²) < 4.78 is 5.17. The minimum Gasteiger partial charge on any atom is -0.449 e. The van der Waals surface area contributed by atoms with Crippen LogP contribution in [-0.2, 0) is 10.5 Å². The Hall–Kier alpha value is -0.650. The third-order valence-corrected chi connectivity index (χ3v) is 3.11. The number of nitrogens with two attached hydrogens (primary N) is 1. The van der Waals surface area contributed by atoms with Crippen molar-refractivity contribution < 1.29 is 9.21 Å². The van der Waals surface area contributed by atoms with Gasteiger partial charge in [0.2, 0.25) is 5.91 Å². The van der Waals surface area contributed by atoms with Crippen molar-refractivity contribution >= 4 is 29.3 Å². The van der Waals surface area contributed by atoms with Crippen molar-refractivity contribution in [3.63, 3.8) is 0 Å². The van der Waals surface area contributed by atoms with Gasteiger partial charge in [0.1, 0.15) is 5.76 Å². The number of hydrogen-bond donors (Lipinski definition) is 2. The van der Waals surface area contributed by atoms with Crippen LogP contribution in [0.15, 0.2) is 16.5 Å². The highest BCUT2D eigenvalue weighted by atomic mass is 35.5. The fourth-order valence-electron chi connectivity index (χ4n) is 1.01. The Morgan fingerprint density at radius 1 is 1.73 bits per heavy atom. The molecule has 0 spiro atoms. The molecule has 0 fully saturated rings. The number of rotatable bonds is 6. The van der Waals surface area contributed by atoms with E-state index in [0.29, 0.717) is 16.7 Å². The Bertz CT molecular complexity index is 330. The summed E-state index contributed by atoms with van der Waals surface area (Å²) in [5.74, 6) is 1.74. The molecular formula is C9H13ClN2O2S. The molecule has 1 heterocycles. The summed E-state index contributed by atoms with van der Waals surface area (Å²) >= 11 is 7.18. The molecule has 84 valence electrons. The molecule has 1 aromatic rings. The Kier molecular flexibility index (Phi) is 5.01. The molecule has 0 saturated heterocycles. The second-order valence-electron chi connectivity index (χ2n) is 2.96. The van der Waals surface area contributed by atoms with Gasteiger partial charge in [0.05, 0.1) is 11.8 Å². The van der Waals surface area contributed by atoms with E-state index < -0.39 is 0 Å². The maximum absolute atomic E-state index is 10.9. The SMILES string of the molecule is CNC(CSCc1ccc(Cl)o1)C(N)=O. The summed E-state index contributed by atoms with van der Waals surface area (Å²) in [7, 11) is 1.71. The number of amides is 1. The summed E-state index contributed by atoms with van der Waals surface area (Å²) in [6.45, 7) is 0. The average Bonchev–Trinajstić information content (AvgIpc) is 2.58. The van der Waals surface area contributed by atoms with Gasteiger partial charge >= 0.3 is 0 Å². The van der Waals surface area contributed by atoms with Gasteiger partial charge in [0.25, 0.3) is 0 Å². The van der Waals surface area contributed by atoms with E-state index in [4.69, 9.17) is 21.8 Å². The van der Waals surface area contributed by atoms with Crippen LogP contribution in [0.25, 0.3) is 0 Å². The number of primary amides is 1. The molecule has 0 bridgehead atoms. The maximum atomic E-state index is 10.9. The van der Waals surface area contributed by atoms with E-state index in [-0.39, 0.29) is 11.9 Å². The van der Waals surface area contributed by atoms with Crippen molar-refractivity contribution in [2.75, 3.05) is 12.8 Å². The predicted molar refractivity (Wildman–Crippen MR) is 61.9 cm³/mol. The fourth-order valence-corrected chi connectivity index (χ4v) is 2.22. The van der Waals surface area contributed by atoms with Gasteiger partial charge in [-0.15, -0.1) is 0 Å². The molecule has 1 rings (SSSR count). The topological polar surface area (TPSA) is 68.3 Å². The molecule has 1 unspecified atom stereocenters. The van der Waals surface area contributed by atoms with Crippen molar-refractivity contribution in [2.45, 2.75) is 11.8 Å². The van der Waals surface area contributed by atoms with E-state index in [1.54, 1.807) is 24.9 Å². The Morgan fingerprint density at radius 2 is 2.47 bits per heavy atom. The van der Waals surface area contributed by atoms with Gasteiger partial charge in [-0.25, -0.2) is 0 Å². The van der Waals surface area contributed by atoms with Crippen LogP contribution in [0, 0.1) is 0 Å². The van der Waals surface area contributed by atoms with Gasteiger partial charge in [0.15, 0.2) is 5.22 Å². The molecular weight excluding hydrogens is 236 g/mol. The molecule has 0 aliphatic heterocycles. The number of carbonyl (C=O) groups excluding carboxylic acids is 1. The summed E-state index contributed by atoms with van der Waals surface area (Å²) in [5.41, 5.74) is 5.17. The van der Waals surface area contributed by atoms with Crippen LogP contribution in [0.5, 0.6) is 0 Å². The number of furan rings is 1. The second-order valence-corrected chi connectivity index (χ2v) is 4.37. The lowest BCUT2D eigenvalue weighted by molar-refractivity contribution is -0.119. The Labute approximate surface area is 97.5 Å². The lowest BCUT2D eigenvalue weighted by atomic mass is 10.3. The number of hydrogen-bond acceptors (Lipinski definition) is 4. The van der Waals surface area contributed by atoms with E-state index in [1.807, 2.05) is 6.07 Å². The van der Waals surface area contributed by atoms with Gasteiger partial charge in [-0.2, -0.15) is 11.8 Å². The molecule has 1 atom stereocenters. The van der Waals surface area contributed by atoms with Crippen LogP contribution in [-0.4, -0.2) is 24.7 Å². The van der Waals surface area contributed by atoms with E-state index in [0.717, 1.165) is 5.76 Å². The molecule has 3 N–H and O–H groups in total. The second kappa shape index (κ2) is 6.05. The van der Waals surface area contributed by atoms with Gasteiger partial charge < -0.3 is 15.5 Å². The standard InChI is InChI=1S/C9H13ClN2O2S/c1-12-7(9(11)13)5-15-4-6-2-3-8(10)14-6/h2-3,7,12H,4-5H2,1H3,(H2,11,13). The molecule has 0 aliphatic rings. The highest BCUT2D eigenvalue weighted by Gasteiger charge is 2.12. The van der Waals surface area contributed by atoms with Gasteiger partial charge in [-0.1, -0.05) is 0 Å². The number of thioether (sulfide) groups is 1. The van der Waals surface area contributed by atoms with Crippen LogP contribution in [0.4, 0.5) is 0 Å². The number of carbonyl (C=O) groups is 1. The summed E-state index contributed by atoms with van der Waals surface area (Å²) in [6, 6.07) is 3.20. The third kappa shape index (κ3) is 4.15. The molecule has 15 heavy (non-hydrogen) atoms. The molecule has 6 heteroatoms. The number of likely N-dealkylation sites (N-methyl/N-ethyl adjacent to an activating group) is 1. The van der Waals surface area contributed by atoms with Crippen LogP contribution in [0.2, 0.25) is 5.22 Å². The lowest BCUT2D eigenvalue weighted by Crippen LogP contribution is -2.41. The zero-order valence-corrected chi connectivity index (χ0v) is 9.90. The first-order valence-electron chi connectivity index (χ1n) is 4.42. The number of halogens is 1. The van der Waals surface area contributed by atoms with Crippen molar-refractivity contribution in [3.8, 4) is 0 Å². The highest BCUT2D eigenvalue weighted by molar-refractivity contribution is 7.98. The van der Waals surface area contributed by atoms with E-state index in [1.165, 1.54) is 0 Å². The first kappa shape index (κ1) is 12.4. The van der Waals surface area contributed by atoms with E-state index in [2.05, 4.69) is 5.32 Å². The predicted octanol–water partition coefficient (Wildman–Crippen LogP) is 1.24. The van der Waals surface area contributed by atoms with E-state index in [9.17, 15) is 4.79 Å². The Morgan fingerprint density at radius 3 is 2.93 bits per heavy atom. The normalized spacial score (nSPS) is 12.7. The maximum Gasteiger partial charge on any atom is 0.235 e. The molecule has 0 saturated carbocycles. The third-order valence-electron chi connectivity index (χ3n) is 1.85. The zero-order chi connectivity index (χ0) is 11.3. The Balaban J connectivity index is 2.29. The van der Waals surface area contributed by atoms with Gasteiger partial charge in [-0.3, -0.25) is 4.79 Å². The summed E-state index contributed by atoms with van der Waals surface area (Å²) in [5, 5.41) is 3.22. The number of nitrogens with one attached hydrogen (secondary N) is 1. The summed E-state index contributed by atoms with van der Waals surface area (Å²) in [6.07, 6.45) is 0. The molecule has 4 nitrogen and oxygen atoms in total. The summed E-state index contributed by atoms with van der Waals surface area (Å²) in [4.78, 5) is 10.9. The highest BCUT2D eigenvalue weighted by Crippen LogP contribution is 2.18. The molecule has 1 amide bonds. The lowest BCUT2D eigenvalue weighted by Gasteiger charge is -2.10. The van der Waals surface area contributed by atoms with Crippen molar-refractivity contribution in [2.24, 2.45) is 5.73 Å². The van der Waals surface area contributed by atoms with Gasteiger partial charge in [-0.05, 0) is 30.8 Å². The minimum absolute atomic E-state index is 0.305. The molecule has 0 aliphatic carbocycles. The average molecular weight is 249 g/mol. The fraction of sp³-hybridized carbons (Fsp3) is 0.444. The molecule has 1 aromatic heterocycles. The van der Waals surface area contributed by atoms with Crippen LogP contribution in [0.1, 0.15) is 5.76 Å². The monoisotopic (exact) mass is 248 g/mol. The van der Waals surface area contributed by atoms with Crippen molar-refractivity contribution in [3.05, 3.63) is 23.1 Å². The van der Waals surface area contributed by atoms with Crippen molar-refractivity contribution in [1.82, 2.24) is 5.32 Å². The van der Waals surface area contributed by atoms with Crippen LogP contribution >= 0.6 is 23.4 Å². The minimum atomic E-state index is -0.345. The smallest absolute Gasteiger partial charge is 0.235 e. The van der Waals surface area contributed by atoms with Crippen LogP contribution in [0.3, 0.4) is 0 Å². The van der Waals surface area contributed by atoms with Gasteiger partial charge in [0, 0.05) is 5.75 Å². The quantitative estimate of drug-likeness (QED) is 0.795. The van der Waals surface area contributed by atoms with Crippen LogP contribution < -0.4 is 11.1 Å². The first-order valence-corrected chi connectivity index (χ1v) is 5.95. The largest absolute Gasteiger partial charge is 0.449 e. The molecule has 0 radical (unpaired) electrons. The molecule has 0 aromatic carbocycles. The van der Waals surface area contributed by atoms with Crippen molar-refractivity contribution in [1.29, 1.82) is 0 Å². The van der Waals surface area contributed by atoms with E-state index >= 15 is 0 Å². The first-order chi connectivity index (χ1) is 7.13.